The van der Waals surface area contributed by atoms with E-state index in [1.54, 1.807) is 16.0 Å². The van der Waals surface area contributed by atoms with Crippen molar-refractivity contribution in [2.75, 3.05) is 39.3 Å². The first-order chi connectivity index (χ1) is 11.2. The summed E-state index contributed by atoms with van der Waals surface area (Å²) in [4.78, 5) is 29.4. The molecule has 0 bridgehead atoms. The summed E-state index contributed by atoms with van der Waals surface area (Å²) in [5, 5.41) is 9.43. The second-order valence-electron chi connectivity index (χ2n) is 7.19. The van der Waals surface area contributed by atoms with Crippen molar-refractivity contribution in [2.45, 2.75) is 34.6 Å². The fraction of sp³-hybridized carbons (Fsp3) is 0.722. The topological polar surface area (TPSA) is 67.6 Å². The molecule has 1 heterocycles. The predicted octanol–water partition coefficient (Wildman–Crippen LogP) is 1.70. The second kappa shape index (κ2) is 9.31. The lowest BCUT2D eigenvalue weighted by molar-refractivity contribution is -0.136. The van der Waals surface area contributed by atoms with Crippen LogP contribution in [0.4, 0.5) is 0 Å². The van der Waals surface area contributed by atoms with Gasteiger partial charge in [-0.1, -0.05) is 27.7 Å². The molecule has 0 unspecified atom stereocenters. The van der Waals surface area contributed by atoms with Gasteiger partial charge >= 0.3 is 0 Å². The highest BCUT2D eigenvalue weighted by Crippen LogP contribution is 2.11. The Morgan fingerprint density at radius 1 is 1.04 bits per heavy atom. The number of hydrogen-bond donors (Lipinski definition) is 0. The van der Waals surface area contributed by atoms with Crippen molar-refractivity contribution in [2.24, 2.45) is 11.8 Å². The highest BCUT2D eigenvalue weighted by atomic mass is 16.2. The minimum atomic E-state index is -0.238. The summed E-state index contributed by atoms with van der Waals surface area (Å²) in [6, 6.07) is 2.06. The third kappa shape index (κ3) is 6.23. The molecule has 0 spiro atoms. The normalized spacial score (nSPS) is 15.7. The zero-order chi connectivity index (χ0) is 18.3. The van der Waals surface area contributed by atoms with Gasteiger partial charge in [0.2, 0.25) is 5.91 Å². The number of piperazine rings is 1. The number of nitriles is 1. The summed E-state index contributed by atoms with van der Waals surface area (Å²) in [5.41, 5.74) is 0.174. The van der Waals surface area contributed by atoms with Crippen LogP contribution < -0.4 is 0 Å². The minimum Gasteiger partial charge on any atom is -0.376 e. The van der Waals surface area contributed by atoms with E-state index < -0.39 is 0 Å². The van der Waals surface area contributed by atoms with Gasteiger partial charge in [0.25, 0.3) is 5.91 Å². The third-order valence-electron chi connectivity index (χ3n) is 3.87. The van der Waals surface area contributed by atoms with E-state index in [0.29, 0.717) is 38.0 Å². The van der Waals surface area contributed by atoms with E-state index in [2.05, 4.69) is 38.7 Å². The van der Waals surface area contributed by atoms with Gasteiger partial charge in [0.1, 0.15) is 11.6 Å². The molecule has 1 aliphatic rings. The molecule has 0 saturated carbocycles. The molecule has 0 aromatic rings. The maximum absolute atomic E-state index is 12.6. The Bertz CT molecular complexity index is 502. The Morgan fingerprint density at radius 2 is 1.50 bits per heavy atom. The zero-order valence-electron chi connectivity index (χ0n) is 15.6. The molecule has 1 rings (SSSR count). The van der Waals surface area contributed by atoms with Crippen LogP contribution in [0.1, 0.15) is 34.6 Å². The number of rotatable bonds is 6. The largest absolute Gasteiger partial charge is 0.376 e. The Morgan fingerprint density at radius 3 is 1.88 bits per heavy atom. The first kappa shape index (κ1) is 20.0. The number of carbonyl (C=O) groups excluding carboxylic acids is 2. The van der Waals surface area contributed by atoms with Crippen molar-refractivity contribution in [3.63, 3.8) is 0 Å². The number of amides is 2. The van der Waals surface area contributed by atoms with E-state index in [1.807, 2.05) is 0 Å². The van der Waals surface area contributed by atoms with Crippen LogP contribution in [0.5, 0.6) is 0 Å². The maximum Gasteiger partial charge on any atom is 0.266 e. The van der Waals surface area contributed by atoms with Crippen LogP contribution in [0.2, 0.25) is 0 Å². The van der Waals surface area contributed by atoms with Gasteiger partial charge in [0.05, 0.1) is 0 Å². The van der Waals surface area contributed by atoms with E-state index in [9.17, 15) is 14.9 Å². The van der Waals surface area contributed by atoms with Gasteiger partial charge in [-0.05, 0) is 11.8 Å². The van der Waals surface area contributed by atoms with Crippen molar-refractivity contribution >= 4 is 11.8 Å². The molecule has 0 radical (unpaired) electrons. The SMILES string of the molecule is CC(=O)N1CCN(C(=O)/C(C#N)=C\N(CC(C)C)CC(C)C)CC1. The molecular formula is C18H30N4O2. The standard InChI is InChI=1S/C18H30N4O2/c1-14(2)11-20(12-15(3)4)13-17(10-19)18(24)22-8-6-21(7-9-22)16(5)23/h13-15H,6-9,11-12H2,1-5H3/b17-13-. The second-order valence-corrected chi connectivity index (χ2v) is 7.19. The van der Waals surface area contributed by atoms with Crippen LogP contribution in [-0.4, -0.2) is 65.8 Å². The molecule has 6 nitrogen and oxygen atoms in total. The van der Waals surface area contributed by atoms with Crippen molar-refractivity contribution in [3.05, 3.63) is 11.8 Å². The minimum absolute atomic E-state index is 0.0261. The Labute approximate surface area is 145 Å². The molecule has 0 aromatic heterocycles. The lowest BCUT2D eigenvalue weighted by atomic mass is 10.1. The summed E-state index contributed by atoms with van der Waals surface area (Å²) < 4.78 is 0. The van der Waals surface area contributed by atoms with E-state index in [-0.39, 0.29) is 17.4 Å². The monoisotopic (exact) mass is 334 g/mol. The Kier molecular flexibility index (Phi) is 7.76. The molecule has 0 aromatic carbocycles. The molecule has 1 aliphatic heterocycles. The fourth-order valence-electron chi connectivity index (χ4n) is 2.83. The molecule has 134 valence electrons. The molecule has 1 fully saturated rings. The summed E-state index contributed by atoms with van der Waals surface area (Å²) in [7, 11) is 0. The quantitative estimate of drug-likeness (QED) is 0.548. The zero-order valence-corrected chi connectivity index (χ0v) is 15.6. The Hall–Kier alpha value is -2.03. The van der Waals surface area contributed by atoms with Gasteiger partial charge in [0, 0.05) is 52.4 Å². The molecule has 24 heavy (non-hydrogen) atoms. The summed E-state index contributed by atoms with van der Waals surface area (Å²) in [6.07, 6.45) is 1.71. The summed E-state index contributed by atoms with van der Waals surface area (Å²) in [6.45, 7) is 13.7. The fourth-order valence-corrected chi connectivity index (χ4v) is 2.83. The van der Waals surface area contributed by atoms with Gasteiger partial charge in [-0.15, -0.1) is 0 Å². The molecular weight excluding hydrogens is 304 g/mol. The van der Waals surface area contributed by atoms with Crippen LogP contribution in [0.15, 0.2) is 11.8 Å². The summed E-state index contributed by atoms with van der Waals surface area (Å²) >= 11 is 0. The van der Waals surface area contributed by atoms with Crippen molar-refractivity contribution in [1.82, 2.24) is 14.7 Å². The van der Waals surface area contributed by atoms with Gasteiger partial charge in [0.15, 0.2) is 0 Å². The number of nitrogens with zero attached hydrogens (tertiary/aromatic N) is 4. The number of carbonyl (C=O) groups is 2. The van der Waals surface area contributed by atoms with Crippen molar-refractivity contribution < 1.29 is 9.59 Å². The van der Waals surface area contributed by atoms with Gasteiger partial charge in [-0.25, -0.2) is 0 Å². The molecule has 0 atom stereocenters. The van der Waals surface area contributed by atoms with Crippen LogP contribution in [-0.2, 0) is 9.59 Å². The maximum atomic E-state index is 12.6. The lowest BCUT2D eigenvalue weighted by Crippen LogP contribution is -2.50. The highest BCUT2D eigenvalue weighted by molar-refractivity contribution is 5.97. The first-order valence-corrected chi connectivity index (χ1v) is 8.65. The third-order valence-corrected chi connectivity index (χ3v) is 3.87. The lowest BCUT2D eigenvalue weighted by Gasteiger charge is -2.34. The van der Waals surface area contributed by atoms with Crippen LogP contribution >= 0.6 is 0 Å². The van der Waals surface area contributed by atoms with Crippen molar-refractivity contribution in [1.29, 1.82) is 5.26 Å². The van der Waals surface area contributed by atoms with E-state index in [1.165, 1.54) is 6.92 Å². The van der Waals surface area contributed by atoms with Crippen LogP contribution in [0, 0.1) is 23.2 Å². The van der Waals surface area contributed by atoms with Gasteiger partial charge in [-0.2, -0.15) is 5.26 Å². The van der Waals surface area contributed by atoms with E-state index in [4.69, 9.17) is 0 Å². The predicted molar refractivity (Wildman–Crippen MR) is 93.8 cm³/mol. The molecule has 6 heteroatoms. The Balaban J connectivity index is 2.80. The smallest absolute Gasteiger partial charge is 0.266 e. The first-order valence-electron chi connectivity index (χ1n) is 8.65. The molecule has 2 amide bonds. The highest BCUT2D eigenvalue weighted by Gasteiger charge is 2.25. The molecule has 1 saturated heterocycles. The average Bonchev–Trinajstić information content (AvgIpc) is 2.50. The van der Waals surface area contributed by atoms with E-state index >= 15 is 0 Å². The summed E-state index contributed by atoms with van der Waals surface area (Å²) in [5.74, 6) is 0.694. The average molecular weight is 334 g/mol. The van der Waals surface area contributed by atoms with E-state index in [0.717, 1.165) is 13.1 Å². The number of hydrogen-bond acceptors (Lipinski definition) is 4. The van der Waals surface area contributed by atoms with Gasteiger partial charge in [-0.3, -0.25) is 9.59 Å². The van der Waals surface area contributed by atoms with Gasteiger partial charge < -0.3 is 14.7 Å². The molecule has 0 N–H and O–H groups in total. The van der Waals surface area contributed by atoms with Crippen LogP contribution in [0.3, 0.4) is 0 Å². The molecule has 0 aliphatic carbocycles. The van der Waals surface area contributed by atoms with Crippen LogP contribution in [0.25, 0.3) is 0 Å². The van der Waals surface area contributed by atoms with Crippen molar-refractivity contribution in [3.8, 4) is 6.07 Å².